The number of likely N-dealkylation sites (N-methyl/N-ethyl adjacent to an activating group) is 1. The van der Waals surface area contributed by atoms with Gasteiger partial charge in [-0.25, -0.2) is 0 Å². The Morgan fingerprint density at radius 2 is 2.24 bits per heavy atom. The number of nitrogens with zero attached hydrogens (tertiary/aromatic N) is 1. The zero-order valence-electron chi connectivity index (χ0n) is 10.7. The van der Waals surface area contributed by atoms with Crippen LogP contribution in [0.15, 0.2) is 36.0 Å². The maximum Gasteiger partial charge on any atom is 0.0419 e. The maximum atomic E-state index is 4.40. The average molecular weight is 230 g/mol. The van der Waals surface area contributed by atoms with Crippen molar-refractivity contribution in [1.29, 1.82) is 0 Å². The van der Waals surface area contributed by atoms with Crippen molar-refractivity contribution in [3.63, 3.8) is 0 Å². The number of nitrogens with one attached hydrogen (secondary N) is 1. The molecular weight excluding hydrogens is 208 g/mol. The molecule has 1 aromatic heterocycles. The Hall–Kier alpha value is -1.15. The first-order valence-electron chi connectivity index (χ1n) is 6.63. The average Bonchev–Trinajstić information content (AvgIpc) is 2.40. The quantitative estimate of drug-likeness (QED) is 0.786. The molecule has 1 N–H and O–H groups in total. The number of rotatable bonds is 5. The summed E-state index contributed by atoms with van der Waals surface area (Å²) in [5.41, 5.74) is 2.81. The monoisotopic (exact) mass is 230 g/mol. The lowest BCUT2D eigenvalue weighted by molar-refractivity contribution is 0.527. The largest absolute Gasteiger partial charge is 0.316 e. The molecule has 1 aliphatic carbocycles. The first-order valence-corrected chi connectivity index (χ1v) is 6.63. The Morgan fingerprint density at radius 3 is 2.88 bits per heavy atom. The van der Waals surface area contributed by atoms with Gasteiger partial charge in [-0.15, -0.1) is 0 Å². The lowest BCUT2D eigenvalue weighted by Gasteiger charge is -2.20. The van der Waals surface area contributed by atoms with Crippen molar-refractivity contribution >= 4 is 0 Å². The van der Waals surface area contributed by atoms with Gasteiger partial charge in [0.15, 0.2) is 0 Å². The van der Waals surface area contributed by atoms with E-state index in [1.54, 1.807) is 5.57 Å². The van der Waals surface area contributed by atoms with Crippen LogP contribution in [0, 0.1) is 0 Å². The third-order valence-electron chi connectivity index (χ3n) is 3.48. The Balaban J connectivity index is 1.90. The highest BCUT2D eigenvalue weighted by Crippen LogP contribution is 2.22. The fourth-order valence-corrected chi connectivity index (χ4v) is 2.45. The molecule has 1 aliphatic rings. The van der Waals surface area contributed by atoms with Crippen LogP contribution in [0.25, 0.3) is 0 Å². The van der Waals surface area contributed by atoms with Gasteiger partial charge in [-0.1, -0.05) is 17.7 Å². The summed E-state index contributed by atoms with van der Waals surface area (Å²) in [6.45, 7) is 0. The van der Waals surface area contributed by atoms with Gasteiger partial charge in [-0.05, 0) is 51.3 Å². The maximum absolute atomic E-state index is 4.40. The summed E-state index contributed by atoms with van der Waals surface area (Å²) in [7, 11) is 2.05. The van der Waals surface area contributed by atoms with Gasteiger partial charge in [0.25, 0.3) is 0 Å². The minimum Gasteiger partial charge on any atom is -0.316 e. The molecule has 1 atom stereocenters. The molecule has 1 unspecified atom stereocenters. The highest BCUT2D eigenvalue weighted by molar-refractivity contribution is 5.10. The van der Waals surface area contributed by atoms with Crippen LogP contribution in [-0.2, 0) is 6.42 Å². The SMILES string of the molecule is CNC(CC1=CCCCC1)Cc1ccccn1. The standard InChI is InChI=1S/C15H22N2/c1-16-15(11-13-7-3-2-4-8-13)12-14-9-5-6-10-17-14/h5-7,9-10,15-16H,2-4,8,11-12H2,1H3. The smallest absolute Gasteiger partial charge is 0.0419 e. The van der Waals surface area contributed by atoms with Crippen molar-refractivity contribution < 1.29 is 0 Å². The van der Waals surface area contributed by atoms with Gasteiger partial charge in [0, 0.05) is 24.4 Å². The molecule has 0 amide bonds. The van der Waals surface area contributed by atoms with Crippen LogP contribution in [0.1, 0.15) is 37.8 Å². The van der Waals surface area contributed by atoms with E-state index in [9.17, 15) is 0 Å². The van der Waals surface area contributed by atoms with Crippen LogP contribution < -0.4 is 5.32 Å². The van der Waals surface area contributed by atoms with Gasteiger partial charge in [0.05, 0.1) is 0 Å². The summed E-state index contributed by atoms with van der Waals surface area (Å²) in [6, 6.07) is 6.67. The Morgan fingerprint density at radius 1 is 1.29 bits per heavy atom. The number of pyridine rings is 1. The van der Waals surface area contributed by atoms with Crippen LogP contribution >= 0.6 is 0 Å². The first kappa shape index (κ1) is 12.3. The summed E-state index contributed by atoms with van der Waals surface area (Å²) < 4.78 is 0. The second kappa shape index (κ2) is 6.55. The third-order valence-corrected chi connectivity index (χ3v) is 3.48. The second-order valence-corrected chi connectivity index (χ2v) is 4.82. The summed E-state index contributed by atoms with van der Waals surface area (Å²) in [6.07, 6.45) is 11.8. The molecule has 0 saturated carbocycles. The van der Waals surface area contributed by atoms with Crippen molar-refractivity contribution in [3.05, 3.63) is 41.7 Å². The van der Waals surface area contributed by atoms with Gasteiger partial charge in [0.1, 0.15) is 0 Å². The Labute approximate surface area is 104 Å². The first-order chi connectivity index (χ1) is 8.38. The predicted molar refractivity (Wildman–Crippen MR) is 72.0 cm³/mol. The molecule has 1 aromatic rings. The lowest BCUT2D eigenvalue weighted by Crippen LogP contribution is -2.28. The zero-order chi connectivity index (χ0) is 11.9. The molecule has 0 aliphatic heterocycles. The van der Waals surface area contributed by atoms with Crippen molar-refractivity contribution in [2.24, 2.45) is 0 Å². The second-order valence-electron chi connectivity index (χ2n) is 4.82. The van der Waals surface area contributed by atoms with E-state index in [2.05, 4.69) is 35.6 Å². The summed E-state index contributed by atoms with van der Waals surface area (Å²) >= 11 is 0. The lowest BCUT2D eigenvalue weighted by atomic mass is 9.93. The minimum absolute atomic E-state index is 0.522. The fourth-order valence-electron chi connectivity index (χ4n) is 2.45. The zero-order valence-corrected chi connectivity index (χ0v) is 10.7. The molecule has 0 spiro atoms. The highest BCUT2D eigenvalue weighted by Gasteiger charge is 2.12. The van der Waals surface area contributed by atoms with E-state index in [1.807, 2.05) is 12.3 Å². The van der Waals surface area contributed by atoms with Crippen LogP contribution in [0.4, 0.5) is 0 Å². The number of aromatic nitrogens is 1. The molecule has 2 nitrogen and oxygen atoms in total. The van der Waals surface area contributed by atoms with E-state index in [0.717, 1.165) is 6.42 Å². The van der Waals surface area contributed by atoms with Crippen LogP contribution in [-0.4, -0.2) is 18.1 Å². The summed E-state index contributed by atoms with van der Waals surface area (Å²) in [5.74, 6) is 0. The molecule has 0 aromatic carbocycles. The van der Waals surface area contributed by atoms with Gasteiger partial charge in [-0.2, -0.15) is 0 Å². The summed E-state index contributed by atoms with van der Waals surface area (Å²) in [5, 5.41) is 3.42. The minimum atomic E-state index is 0.522. The van der Waals surface area contributed by atoms with Gasteiger partial charge < -0.3 is 5.32 Å². The van der Waals surface area contributed by atoms with Crippen LogP contribution in [0.3, 0.4) is 0 Å². The van der Waals surface area contributed by atoms with Crippen LogP contribution in [0.2, 0.25) is 0 Å². The number of allylic oxidation sites excluding steroid dienone is 1. The van der Waals surface area contributed by atoms with Gasteiger partial charge in [0.2, 0.25) is 0 Å². The van der Waals surface area contributed by atoms with E-state index >= 15 is 0 Å². The topological polar surface area (TPSA) is 24.9 Å². The van der Waals surface area contributed by atoms with E-state index in [-0.39, 0.29) is 0 Å². The Bertz CT molecular complexity index is 356. The molecular formula is C15H22N2. The van der Waals surface area contributed by atoms with Crippen molar-refractivity contribution in [2.75, 3.05) is 7.05 Å². The molecule has 92 valence electrons. The van der Waals surface area contributed by atoms with Gasteiger partial charge in [-0.3, -0.25) is 4.98 Å². The number of hydrogen-bond donors (Lipinski definition) is 1. The van der Waals surface area contributed by atoms with E-state index in [0.29, 0.717) is 6.04 Å². The molecule has 0 bridgehead atoms. The number of hydrogen-bond acceptors (Lipinski definition) is 2. The molecule has 2 heteroatoms. The molecule has 0 fully saturated rings. The van der Waals surface area contributed by atoms with Gasteiger partial charge >= 0.3 is 0 Å². The predicted octanol–water partition coefficient (Wildman–Crippen LogP) is 3.10. The van der Waals surface area contributed by atoms with E-state index < -0.39 is 0 Å². The normalized spacial score (nSPS) is 17.6. The molecule has 0 radical (unpaired) electrons. The van der Waals surface area contributed by atoms with E-state index in [1.165, 1.54) is 37.8 Å². The van der Waals surface area contributed by atoms with Crippen LogP contribution in [0.5, 0.6) is 0 Å². The van der Waals surface area contributed by atoms with Crippen molar-refractivity contribution in [3.8, 4) is 0 Å². The van der Waals surface area contributed by atoms with Crippen molar-refractivity contribution in [1.82, 2.24) is 10.3 Å². The Kier molecular flexibility index (Phi) is 4.75. The molecule has 2 rings (SSSR count). The summed E-state index contributed by atoms with van der Waals surface area (Å²) in [4.78, 5) is 4.40. The van der Waals surface area contributed by atoms with Crippen molar-refractivity contribution in [2.45, 2.75) is 44.6 Å². The third kappa shape index (κ3) is 3.97. The molecule has 1 heterocycles. The highest BCUT2D eigenvalue weighted by atomic mass is 14.9. The van der Waals surface area contributed by atoms with E-state index in [4.69, 9.17) is 0 Å². The molecule has 0 saturated heterocycles. The fraction of sp³-hybridized carbons (Fsp3) is 0.533. The molecule has 17 heavy (non-hydrogen) atoms.